The van der Waals surface area contributed by atoms with E-state index in [4.69, 9.17) is 14.4 Å². The van der Waals surface area contributed by atoms with Gasteiger partial charge in [-0.25, -0.2) is 9.97 Å². The van der Waals surface area contributed by atoms with Crippen LogP contribution in [0.1, 0.15) is 36.2 Å². The Labute approximate surface area is 311 Å². The maximum absolute atomic E-state index is 6.61. The summed E-state index contributed by atoms with van der Waals surface area (Å²) in [4.78, 5) is 10.4. The minimum Gasteiger partial charge on any atom is -0.439 e. The Balaban J connectivity index is 1.12. The van der Waals surface area contributed by atoms with Gasteiger partial charge in [0.1, 0.15) is 5.58 Å². The van der Waals surface area contributed by atoms with Gasteiger partial charge in [0.05, 0.1) is 39.0 Å². The molecule has 1 aliphatic heterocycles. The quantitative estimate of drug-likeness (QED) is 0.180. The third kappa shape index (κ3) is 4.04. The molecular formula is C49H34N4O. The number of furan rings is 1. The minimum atomic E-state index is -0.296. The third-order valence-electron chi connectivity index (χ3n) is 11.5. The number of hydrogen-bond acceptors (Lipinski definition) is 3. The van der Waals surface area contributed by atoms with Crippen LogP contribution in [0.15, 0.2) is 151 Å². The first kappa shape index (κ1) is 30.6. The molecule has 54 heavy (non-hydrogen) atoms. The summed E-state index contributed by atoms with van der Waals surface area (Å²) in [6, 6.07) is 47.3. The number of benzene rings is 6. The molecule has 0 atom stereocenters. The van der Waals surface area contributed by atoms with Crippen LogP contribution in [0.3, 0.4) is 0 Å². The van der Waals surface area contributed by atoms with Crippen LogP contribution in [0.2, 0.25) is 0 Å². The molecule has 0 N–H and O–H groups in total. The smallest absolute Gasteiger partial charge is 0.213 e. The Hall–Kier alpha value is -6.98. The van der Waals surface area contributed by atoms with E-state index >= 15 is 0 Å². The summed E-state index contributed by atoms with van der Waals surface area (Å²) in [6.45, 7) is 13.0. The predicted molar refractivity (Wildman–Crippen MR) is 224 cm³/mol. The second-order valence-electron chi connectivity index (χ2n) is 14.7. The van der Waals surface area contributed by atoms with Gasteiger partial charge < -0.3 is 8.98 Å². The maximum atomic E-state index is 6.61. The molecule has 5 heterocycles. The van der Waals surface area contributed by atoms with Crippen LogP contribution in [-0.2, 0) is 5.41 Å². The highest BCUT2D eigenvalue weighted by molar-refractivity contribution is 6.21. The van der Waals surface area contributed by atoms with E-state index in [1.165, 1.54) is 27.4 Å². The Morgan fingerprint density at radius 2 is 1.35 bits per heavy atom. The molecule has 1 aliphatic rings. The van der Waals surface area contributed by atoms with Crippen molar-refractivity contribution in [2.45, 2.75) is 19.3 Å². The molecule has 0 spiro atoms. The average Bonchev–Trinajstić information content (AvgIpc) is 3.87. The minimum absolute atomic E-state index is 0.296. The van der Waals surface area contributed by atoms with Crippen LogP contribution < -0.4 is 0 Å². The summed E-state index contributed by atoms with van der Waals surface area (Å²) in [5.41, 5.74) is 14.0. The van der Waals surface area contributed by atoms with Crippen molar-refractivity contribution in [1.29, 1.82) is 0 Å². The van der Waals surface area contributed by atoms with Gasteiger partial charge in [-0.1, -0.05) is 112 Å². The normalized spacial score (nSPS) is 13.3. The Morgan fingerprint density at radius 1 is 0.611 bits per heavy atom. The summed E-state index contributed by atoms with van der Waals surface area (Å²) in [5.74, 6) is 0.640. The lowest BCUT2D eigenvalue weighted by molar-refractivity contribution is 0.612. The summed E-state index contributed by atoms with van der Waals surface area (Å²) < 4.78 is 11.2. The van der Waals surface area contributed by atoms with Crippen LogP contribution in [0, 0.1) is 0 Å². The highest BCUT2D eigenvalue weighted by Gasteiger charge is 2.37. The van der Waals surface area contributed by atoms with Crippen molar-refractivity contribution in [2.75, 3.05) is 0 Å². The zero-order valence-corrected chi connectivity index (χ0v) is 30.0. The van der Waals surface area contributed by atoms with Gasteiger partial charge in [-0.05, 0) is 71.8 Å². The molecule has 0 aliphatic carbocycles. The van der Waals surface area contributed by atoms with Crippen LogP contribution in [0.25, 0.3) is 101 Å². The highest BCUT2D eigenvalue weighted by atomic mass is 16.3. The number of rotatable bonds is 5. The second kappa shape index (κ2) is 11.0. The molecule has 0 unspecified atom stereocenters. The van der Waals surface area contributed by atoms with E-state index in [1.807, 2.05) is 18.2 Å². The van der Waals surface area contributed by atoms with E-state index in [0.29, 0.717) is 5.82 Å². The SMILES string of the molecule is C=Cc1nc(-c2ccc3c(c2)C(C)(C)c2cccc4c5c6ccccc6oc5n-3c24)nc(-c2ccc3c(c2)c2ccccc2n3-c2ccccc2)c1C=C. The van der Waals surface area contributed by atoms with Crippen molar-refractivity contribution in [1.82, 2.24) is 19.1 Å². The second-order valence-corrected chi connectivity index (χ2v) is 14.7. The van der Waals surface area contributed by atoms with Gasteiger partial charge in [0.15, 0.2) is 5.82 Å². The van der Waals surface area contributed by atoms with E-state index in [0.717, 1.165) is 77.9 Å². The molecule has 11 rings (SSSR count). The van der Waals surface area contributed by atoms with Crippen molar-refractivity contribution in [2.24, 2.45) is 0 Å². The third-order valence-corrected chi connectivity index (χ3v) is 11.5. The van der Waals surface area contributed by atoms with Crippen molar-refractivity contribution in [3.63, 3.8) is 0 Å². The maximum Gasteiger partial charge on any atom is 0.213 e. The highest BCUT2D eigenvalue weighted by Crippen LogP contribution is 2.50. The van der Waals surface area contributed by atoms with E-state index in [9.17, 15) is 0 Å². The van der Waals surface area contributed by atoms with Crippen LogP contribution in [-0.4, -0.2) is 19.1 Å². The first-order valence-electron chi connectivity index (χ1n) is 18.3. The molecule has 5 nitrogen and oxygen atoms in total. The standard InChI is InChI=1S/C49H34N4O/c1-5-32-39(6-2)50-47(51-45(32)29-23-25-41-36(27-29)33-17-10-12-21-40(33)52(41)31-15-8-7-9-16-31)30-24-26-42-38(28-30)49(3,4)37-20-14-19-35-44-34-18-11-13-22-43(34)54-48(44)53(42)46(35)37/h5-28H,1-2H2,3-4H3. The van der Waals surface area contributed by atoms with Gasteiger partial charge in [0.25, 0.3) is 0 Å². The van der Waals surface area contributed by atoms with Gasteiger partial charge >= 0.3 is 0 Å². The molecule has 256 valence electrons. The molecule has 6 aromatic carbocycles. The summed E-state index contributed by atoms with van der Waals surface area (Å²) in [6.07, 6.45) is 3.65. The van der Waals surface area contributed by atoms with Crippen LogP contribution in [0.5, 0.6) is 0 Å². The van der Waals surface area contributed by atoms with Gasteiger partial charge in [-0.3, -0.25) is 4.57 Å². The fraction of sp³-hybridized carbons (Fsp3) is 0.0612. The monoisotopic (exact) mass is 694 g/mol. The van der Waals surface area contributed by atoms with Crippen molar-refractivity contribution in [3.8, 4) is 34.0 Å². The largest absolute Gasteiger partial charge is 0.439 e. The lowest BCUT2D eigenvalue weighted by Crippen LogP contribution is -2.26. The molecule has 0 radical (unpaired) electrons. The number of fused-ring (bicyclic) bond motifs is 10. The molecule has 0 saturated carbocycles. The Bertz CT molecular complexity index is 3230. The molecule has 4 aromatic heterocycles. The predicted octanol–water partition coefficient (Wildman–Crippen LogP) is 12.7. The lowest BCUT2D eigenvalue weighted by Gasteiger charge is -2.34. The first-order valence-corrected chi connectivity index (χ1v) is 18.3. The Kier molecular flexibility index (Phi) is 6.25. The fourth-order valence-corrected chi connectivity index (χ4v) is 8.96. The van der Waals surface area contributed by atoms with Gasteiger partial charge in [0, 0.05) is 49.3 Å². The molecule has 5 heteroatoms. The average molecular weight is 695 g/mol. The topological polar surface area (TPSA) is 48.8 Å². The van der Waals surface area contributed by atoms with Crippen molar-refractivity contribution < 1.29 is 4.42 Å². The summed E-state index contributed by atoms with van der Waals surface area (Å²) >= 11 is 0. The van der Waals surface area contributed by atoms with Crippen molar-refractivity contribution >= 4 is 66.9 Å². The van der Waals surface area contributed by atoms with Crippen molar-refractivity contribution in [3.05, 3.63) is 169 Å². The molecule has 0 saturated heterocycles. The number of para-hydroxylation sites is 4. The fourth-order valence-electron chi connectivity index (χ4n) is 8.96. The van der Waals surface area contributed by atoms with E-state index in [-0.39, 0.29) is 5.41 Å². The summed E-state index contributed by atoms with van der Waals surface area (Å²) in [7, 11) is 0. The van der Waals surface area contributed by atoms with E-state index < -0.39 is 0 Å². The molecule has 10 aromatic rings. The number of aromatic nitrogens is 4. The van der Waals surface area contributed by atoms with E-state index in [1.54, 1.807) is 6.08 Å². The molecule has 0 fully saturated rings. The molecule has 0 bridgehead atoms. The van der Waals surface area contributed by atoms with E-state index in [2.05, 4.69) is 157 Å². The summed E-state index contributed by atoms with van der Waals surface area (Å²) in [5, 5.41) is 5.84. The van der Waals surface area contributed by atoms with Crippen LogP contribution >= 0.6 is 0 Å². The van der Waals surface area contributed by atoms with Gasteiger partial charge in [-0.2, -0.15) is 0 Å². The van der Waals surface area contributed by atoms with Crippen LogP contribution in [0.4, 0.5) is 0 Å². The lowest BCUT2D eigenvalue weighted by atomic mass is 9.74. The molecular weight excluding hydrogens is 661 g/mol. The number of nitrogens with zero attached hydrogens (tertiary/aromatic N) is 4. The van der Waals surface area contributed by atoms with Gasteiger partial charge in [0.2, 0.25) is 5.71 Å². The zero-order valence-electron chi connectivity index (χ0n) is 30.0. The Morgan fingerprint density at radius 3 is 2.19 bits per heavy atom. The zero-order chi connectivity index (χ0) is 36.3. The van der Waals surface area contributed by atoms with Gasteiger partial charge in [-0.15, -0.1) is 0 Å². The first-order chi connectivity index (χ1) is 26.5. The molecule has 0 amide bonds. The number of hydrogen-bond donors (Lipinski definition) is 0.